The Morgan fingerprint density at radius 1 is 1.50 bits per heavy atom. The summed E-state index contributed by atoms with van der Waals surface area (Å²) in [6, 6.07) is 6.57. The van der Waals surface area contributed by atoms with Crippen LogP contribution in [0, 0.1) is 6.92 Å². The van der Waals surface area contributed by atoms with Crippen LogP contribution in [0.5, 0.6) is 5.75 Å². The molecule has 88 valence electrons. The van der Waals surface area contributed by atoms with Gasteiger partial charge in [-0.25, -0.2) is 0 Å². The highest BCUT2D eigenvalue weighted by molar-refractivity contribution is 6.25. The first-order chi connectivity index (χ1) is 7.69. The highest BCUT2D eigenvalue weighted by Gasteiger charge is 2.05. The van der Waals surface area contributed by atoms with Gasteiger partial charge in [0.2, 0.25) is 0 Å². The third-order valence-electron chi connectivity index (χ3n) is 2.56. The van der Waals surface area contributed by atoms with Crippen molar-refractivity contribution in [2.24, 2.45) is 0 Å². The number of rotatable bonds is 5. The zero-order chi connectivity index (χ0) is 12.0. The molecule has 3 heteroatoms. The molecule has 16 heavy (non-hydrogen) atoms. The van der Waals surface area contributed by atoms with Crippen molar-refractivity contribution in [1.29, 1.82) is 0 Å². The van der Waals surface area contributed by atoms with Gasteiger partial charge in [-0.3, -0.25) is 0 Å². The lowest BCUT2D eigenvalue weighted by molar-refractivity contribution is 0.360. The summed E-state index contributed by atoms with van der Waals surface area (Å²) in [5, 5.41) is 3.21. The first kappa shape index (κ1) is 13.1. The topological polar surface area (TPSA) is 21.3 Å². The van der Waals surface area contributed by atoms with E-state index in [0.717, 1.165) is 11.3 Å². The smallest absolute Gasteiger partial charge is 0.122 e. The van der Waals surface area contributed by atoms with Crippen LogP contribution >= 0.6 is 11.6 Å². The van der Waals surface area contributed by atoms with E-state index >= 15 is 0 Å². The van der Waals surface area contributed by atoms with Crippen molar-refractivity contribution in [3.8, 4) is 5.75 Å². The van der Waals surface area contributed by atoms with Crippen LogP contribution in [0.4, 0.5) is 0 Å². The molecule has 0 bridgehead atoms. The molecule has 0 aliphatic rings. The predicted octanol–water partition coefficient (Wildman–Crippen LogP) is 3.41. The van der Waals surface area contributed by atoms with Gasteiger partial charge >= 0.3 is 0 Å². The van der Waals surface area contributed by atoms with Crippen LogP contribution in [-0.4, -0.2) is 13.7 Å². The molecule has 0 aromatic heterocycles. The van der Waals surface area contributed by atoms with Crippen molar-refractivity contribution in [3.05, 3.63) is 40.9 Å². The minimum atomic E-state index is 0.357. The van der Waals surface area contributed by atoms with Gasteiger partial charge in [0.05, 0.1) is 0 Å². The van der Waals surface area contributed by atoms with Crippen molar-refractivity contribution in [3.63, 3.8) is 0 Å². The zero-order valence-corrected chi connectivity index (χ0v) is 10.7. The van der Waals surface area contributed by atoms with E-state index < -0.39 is 0 Å². The van der Waals surface area contributed by atoms with Gasteiger partial charge in [-0.05, 0) is 44.2 Å². The van der Waals surface area contributed by atoms with Crippen molar-refractivity contribution < 1.29 is 4.74 Å². The van der Waals surface area contributed by atoms with E-state index in [2.05, 4.69) is 24.4 Å². The third-order valence-corrected chi connectivity index (χ3v) is 2.73. The fourth-order valence-corrected chi connectivity index (χ4v) is 1.52. The van der Waals surface area contributed by atoms with Crippen molar-refractivity contribution in [1.82, 2.24) is 5.32 Å². The zero-order valence-electron chi connectivity index (χ0n) is 9.96. The minimum Gasteiger partial charge on any atom is -0.489 e. The summed E-state index contributed by atoms with van der Waals surface area (Å²) in [5.41, 5.74) is 3.87. The average molecular weight is 240 g/mol. The molecule has 1 rings (SSSR count). The normalized spacial score (nSPS) is 13.0. The largest absolute Gasteiger partial charge is 0.489 e. The van der Waals surface area contributed by atoms with E-state index in [9.17, 15) is 0 Å². The molecule has 0 aliphatic carbocycles. The summed E-state index contributed by atoms with van der Waals surface area (Å²) in [6.07, 6.45) is 1.77. The van der Waals surface area contributed by atoms with Crippen molar-refractivity contribution in [2.75, 3.05) is 13.7 Å². The summed E-state index contributed by atoms with van der Waals surface area (Å²) in [5.74, 6) is 0.904. The Morgan fingerprint density at radius 2 is 2.25 bits per heavy atom. The third kappa shape index (κ3) is 3.54. The number of hydrogen-bond acceptors (Lipinski definition) is 2. The van der Waals surface area contributed by atoms with E-state index in [1.807, 2.05) is 20.0 Å². The second-order valence-corrected chi connectivity index (χ2v) is 3.96. The molecular formula is C13H18ClNO. The van der Waals surface area contributed by atoms with Gasteiger partial charge < -0.3 is 10.1 Å². The first-order valence-corrected chi connectivity index (χ1v) is 5.78. The maximum absolute atomic E-state index is 5.55. The van der Waals surface area contributed by atoms with E-state index in [1.165, 1.54) is 11.1 Å². The van der Waals surface area contributed by atoms with E-state index in [0.29, 0.717) is 12.6 Å². The molecule has 0 saturated heterocycles. The molecular weight excluding hydrogens is 222 g/mol. The van der Waals surface area contributed by atoms with Gasteiger partial charge in [0.25, 0.3) is 0 Å². The Balaban J connectivity index is 2.75. The molecule has 1 aromatic carbocycles. The van der Waals surface area contributed by atoms with E-state index in [1.54, 1.807) is 6.08 Å². The number of nitrogens with one attached hydrogen (secondary N) is 1. The molecule has 0 spiro atoms. The maximum atomic E-state index is 5.55. The standard InChI is InChI=1S/C13H18ClNO/c1-10-9-12(11(2)15-3)5-6-13(10)16-8-4-7-14/h4-7,9,11,15H,8H2,1-3H3/b7-4+. The molecule has 2 nitrogen and oxygen atoms in total. The summed E-state index contributed by atoms with van der Waals surface area (Å²) in [7, 11) is 1.95. The Morgan fingerprint density at radius 3 is 2.81 bits per heavy atom. The number of benzene rings is 1. The SMILES string of the molecule is CNC(C)c1ccc(OC/C=C/Cl)c(C)c1. The van der Waals surface area contributed by atoms with E-state index in [4.69, 9.17) is 16.3 Å². The summed E-state index contributed by atoms with van der Waals surface area (Å²) < 4.78 is 5.55. The Labute approximate surface area is 102 Å². The second kappa shape index (κ2) is 6.56. The van der Waals surface area contributed by atoms with Crippen LogP contribution in [0.1, 0.15) is 24.1 Å². The quantitative estimate of drug-likeness (QED) is 0.850. The van der Waals surface area contributed by atoms with Gasteiger partial charge in [-0.15, -0.1) is 0 Å². The van der Waals surface area contributed by atoms with Gasteiger partial charge in [0.15, 0.2) is 0 Å². The molecule has 1 unspecified atom stereocenters. The summed E-state index contributed by atoms with van der Waals surface area (Å²) >= 11 is 5.42. The van der Waals surface area contributed by atoms with Crippen LogP contribution < -0.4 is 10.1 Å². The van der Waals surface area contributed by atoms with Crippen LogP contribution in [-0.2, 0) is 0 Å². The van der Waals surface area contributed by atoms with Crippen LogP contribution in [0.2, 0.25) is 0 Å². The Hall–Kier alpha value is -0.990. The van der Waals surface area contributed by atoms with Crippen molar-refractivity contribution >= 4 is 11.6 Å². The lowest BCUT2D eigenvalue weighted by Gasteiger charge is -2.13. The molecule has 1 atom stereocenters. The number of halogens is 1. The molecule has 1 N–H and O–H groups in total. The van der Waals surface area contributed by atoms with Crippen LogP contribution in [0.25, 0.3) is 0 Å². The Kier molecular flexibility index (Phi) is 5.36. The van der Waals surface area contributed by atoms with Crippen LogP contribution in [0.3, 0.4) is 0 Å². The molecule has 0 radical (unpaired) electrons. The maximum Gasteiger partial charge on any atom is 0.122 e. The number of aryl methyl sites for hydroxylation is 1. The molecule has 0 saturated carbocycles. The highest BCUT2D eigenvalue weighted by Crippen LogP contribution is 2.22. The van der Waals surface area contributed by atoms with E-state index in [-0.39, 0.29) is 0 Å². The monoisotopic (exact) mass is 239 g/mol. The highest BCUT2D eigenvalue weighted by atomic mass is 35.5. The van der Waals surface area contributed by atoms with Crippen molar-refractivity contribution in [2.45, 2.75) is 19.9 Å². The Bertz CT molecular complexity index is 363. The molecule has 1 aromatic rings. The van der Waals surface area contributed by atoms with Gasteiger partial charge in [-0.1, -0.05) is 23.7 Å². The fourth-order valence-electron chi connectivity index (χ4n) is 1.44. The van der Waals surface area contributed by atoms with Gasteiger partial charge in [0.1, 0.15) is 12.4 Å². The lowest BCUT2D eigenvalue weighted by atomic mass is 10.1. The van der Waals surface area contributed by atoms with Gasteiger partial charge in [-0.2, -0.15) is 0 Å². The van der Waals surface area contributed by atoms with Crippen LogP contribution in [0.15, 0.2) is 29.8 Å². The summed E-state index contributed by atoms with van der Waals surface area (Å²) in [4.78, 5) is 0. The predicted molar refractivity (Wildman–Crippen MR) is 69.1 cm³/mol. The molecule has 0 heterocycles. The molecule has 0 aliphatic heterocycles. The minimum absolute atomic E-state index is 0.357. The molecule has 0 fully saturated rings. The molecule has 0 amide bonds. The number of hydrogen-bond donors (Lipinski definition) is 1. The summed E-state index contributed by atoms with van der Waals surface area (Å²) in [6.45, 7) is 4.68. The number of ether oxygens (including phenoxy) is 1. The average Bonchev–Trinajstić information content (AvgIpc) is 2.30. The second-order valence-electron chi connectivity index (χ2n) is 3.71. The lowest BCUT2D eigenvalue weighted by Crippen LogP contribution is -2.12. The fraction of sp³-hybridized carbons (Fsp3) is 0.385. The first-order valence-electron chi connectivity index (χ1n) is 5.35. The van der Waals surface area contributed by atoms with Gasteiger partial charge in [0, 0.05) is 11.6 Å².